The molecule has 0 aliphatic rings. The minimum Gasteiger partial charge on any atom is -0.358 e. The topological polar surface area (TPSA) is 54.0 Å². The monoisotopic (exact) mass is 391 g/mol. The van der Waals surface area contributed by atoms with E-state index >= 15 is 0 Å². The summed E-state index contributed by atoms with van der Waals surface area (Å²) in [5.41, 5.74) is 4.50. The molecule has 0 saturated heterocycles. The van der Waals surface area contributed by atoms with Crippen LogP contribution in [0.3, 0.4) is 0 Å². The number of thiazole rings is 1. The van der Waals surface area contributed by atoms with Crippen molar-refractivity contribution in [3.05, 3.63) is 77.7 Å². The zero-order valence-electron chi connectivity index (χ0n) is 16.5. The third-order valence-electron chi connectivity index (χ3n) is 4.33. The highest BCUT2D eigenvalue weighted by atomic mass is 32.1. The lowest BCUT2D eigenvalue weighted by atomic mass is 9.87. The first-order valence-corrected chi connectivity index (χ1v) is 10.1. The van der Waals surface area contributed by atoms with Gasteiger partial charge in [-0.2, -0.15) is 0 Å². The third-order valence-corrected chi connectivity index (χ3v) is 5.13. The van der Waals surface area contributed by atoms with Gasteiger partial charge in [-0.05, 0) is 35.2 Å². The van der Waals surface area contributed by atoms with Gasteiger partial charge in [-0.3, -0.25) is 4.79 Å². The largest absolute Gasteiger partial charge is 0.358 e. The molecule has 2 aromatic carbocycles. The van der Waals surface area contributed by atoms with E-state index in [1.54, 1.807) is 17.4 Å². The standard InChI is InChI=1S/C23H25N3OS/c1-5-13-24-22-26-20(15-28-22)17-7-6-8-19(14-17)25-21(27)16-9-11-18(12-10-16)23(2,3)4/h5-12,14-15H,1,13H2,2-4H3,(H,24,26)(H,25,27). The summed E-state index contributed by atoms with van der Waals surface area (Å²) in [5, 5.41) is 9.01. The van der Waals surface area contributed by atoms with E-state index in [4.69, 9.17) is 0 Å². The second kappa shape index (κ2) is 8.40. The van der Waals surface area contributed by atoms with Crippen LogP contribution in [0.15, 0.2) is 66.6 Å². The van der Waals surface area contributed by atoms with E-state index in [-0.39, 0.29) is 11.3 Å². The van der Waals surface area contributed by atoms with Gasteiger partial charge in [-0.15, -0.1) is 17.9 Å². The average molecular weight is 392 g/mol. The van der Waals surface area contributed by atoms with Gasteiger partial charge < -0.3 is 10.6 Å². The maximum absolute atomic E-state index is 12.6. The molecule has 0 unspecified atom stereocenters. The van der Waals surface area contributed by atoms with Crippen LogP contribution in [0.4, 0.5) is 10.8 Å². The number of nitrogens with one attached hydrogen (secondary N) is 2. The first kappa shape index (κ1) is 19.8. The Balaban J connectivity index is 1.72. The van der Waals surface area contributed by atoms with Crippen LogP contribution in [0.1, 0.15) is 36.7 Å². The maximum atomic E-state index is 12.6. The van der Waals surface area contributed by atoms with Gasteiger partial charge >= 0.3 is 0 Å². The van der Waals surface area contributed by atoms with E-state index in [0.29, 0.717) is 12.1 Å². The van der Waals surface area contributed by atoms with Gasteiger partial charge in [0, 0.05) is 28.7 Å². The number of anilines is 2. The number of hydrogen-bond acceptors (Lipinski definition) is 4. The average Bonchev–Trinajstić information content (AvgIpc) is 3.15. The van der Waals surface area contributed by atoms with Crippen molar-refractivity contribution in [2.75, 3.05) is 17.2 Å². The van der Waals surface area contributed by atoms with Crippen molar-refractivity contribution in [1.29, 1.82) is 0 Å². The van der Waals surface area contributed by atoms with Crippen molar-refractivity contribution in [2.24, 2.45) is 0 Å². The van der Waals surface area contributed by atoms with Crippen molar-refractivity contribution in [3.63, 3.8) is 0 Å². The molecular formula is C23H25N3OS. The number of carbonyl (C=O) groups is 1. The Kier molecular flexibility index (Phi) is 5.95. The minimum atomic E-state index is -0.121. The molecule has 144 valence electrons. The molecule has 4 nitrogen and oxygen atoms in total. The van der Waals surface area contributed by atoms with Crippen LogP contribution >= 0.6 is 11.3 Å². The predicted molar refractivity (Wildman–Crippen MR) is 119 cm³/mol. The molecule has 0 radical (unpaired) electrons. The summed E-state index contributed by atoms with van der Waals surface area (Å²) in [5.74, 6) is -0.121. The maximum Gasteiger partial charge on any atom is 0.255 e. The minimum absolute atomic E-state index is 0.0657. The first-order chi connectivity index (χ1) is 13.4. The van der Waals surface area contributed by atoms with Gasteiger partial charge in [-0.1, -0.05) is 51.1 Å². The van der Waals surface area contributed by atoms with Crippen LogP contribution < -0.4 is 10.6 Å². The van der Waals surface area contributed by atoms with E-state index in [0.717, 1.165) is 22.1 Å². The Morgan fingerprint density at radius 2 is 1.93 bits per heavy atom. The predicted octanol–water partition coefficient (Wildman–Crippen LogP) is 5.96. The fourth-order valence-corrected chi connectivity index (χ4v) is 3.46. The van der Waals surface area contributed by atoms with Crippen LogP contribution in [0, 0.1) is 0 Å². The zero-order chi connectivity index (χ0) is 20.1. The lowest BCUT2D eigenvalue weighted by Crippen LogP contribution is -2.14. The van der Waals surface area contributed by atoms with Gasteiger partial charge in [0.2, 0.25) is 0 Å². The van der Waals surface area contributed by atoms with Crippen LogP contribution in [-0.4, -0.2) is 17.4 Å². The number of carbonyl (C=O) groups excluding carboxylic acids is 1. The third kappa shape index (κ3) is 4.87. The second-order valence-corrected chi connectivity index (χ2v) is 8.43. The normalized spacial score (nSPS) is 11.1. The number of amides is 1. The van der Waals surface area contributed by atoms with Crippen molar-refractivity contribution in [2.45, 2.75) is 26.2 Å². The Morgan fingerprint density at radius 3 is 2.61 bits per heavy atom. The molecule has 0 saturated carbocycles. The second-order valence-electron chi connectivity index (χ2n) is 7.57. The Bertz CT molecular complexity index is 968. The van der Waals surface area contributed by atoms with Crippen LogP contribution in [0.2, 0.25) is 0 Å². The van der Waals surface area contributed by atoms with Gasteiger partial charge in [0.15, 0.2) is 5.13 Å². The van der Waals surface area contributed by atoms with Crippen LogP contribution in [-0.2, 0) is 5.41 Å². The van der Waals surface area contributed by atoms with Crippen LogP contribution in [0.5, 0.6) is 0 Å². The number of rotatable bonds is 6. The van der Waals surface area contributed by atoms with E-state index in [2.05, 4.69) is 43.0 Å². The van der Waals surface area contributed by atoms with Crippen LogP contribution in [0.25, 0.3) is 11.3 Å². The molecule has 1 aromatic heterocycles. The summed E-state index contributed by atoms with van der Waals surface area (Å²) in [7, 11) is 0. The molecule has 3 aromatic rings. The Hall–Kier alpha value is -2.92. The molecule has 0 spiro atoms. The molecule has 0 aliphatic carbocycles. The highest BCUT2D eigenvalue weighted by Gasteiger charge is 2.14. The van der Waals surface area contributed by atoms with E-state index in [9.17, 15) is 4.79 Å². The van der Waals surface area contributed by atoms with Crippen molar-refractivity contribution in [3.8, 4) is 11.3 Å². The lowest BCUT2D eigenvalue weighted by molar-refractivity contribution is 0.102. The number of nitrogens with zero attached hydrogens (tertiary/aromatic N) is 1. The highest BCUT2D eigenvalue weighted by Crippen LogP contribution is 2.27. The summed E-state index contributed by atoms with van der Waals surface area (Å²) in [6, 6.07) is 15.5. The molecule has 1 amide bonds. The molecule has 1 heterocycles. The van der Waals surface area contributed by atoms with Crippen molar-refractivity contribution >= 4 is 28.1 Å². The molecule has 0 bridgehead atoms. The number of aromatic nitrogens is 1. The molecule has 2 N–H and O–H groups in total. The van der Waals surface area contributed by atoms with Gasteiger partial charge in [-0.25, -0.2) is 4.98 Å². The van der Waals surface area contributed by atoms with Gasteiger partial charge in [0.25, 0.3) is 5.91 Å². The summed E-state index contributed by atoms with van der Waals surface area (Å²) >= 11 is 1.55. The van der Waals surface area contributed by atoms with Gasteiger partial charge in [0.1, 0.15) is 0 Å². The van der Waals surface area contributed by atoms with E-state index in [1.807, 2.05) is 53.9 Å². The molecule has 3 rings (SSSR count). The molecule has 0 aliphatic heterocycles. The summed E-state index contributed by atoms with van der Waals surface area (Å²) < 4.78 is 0. The Morgan fingerprint density at radius 1 is 1.18 bits per heavy atom. The number of benzene rings is 2. The molecule has 5 heteroatoms. The summed E-state index contributed by atoms with van der Waals surface area (Å²) in [6.45, 7) is 10.8. The molecule has 28 heavy (non-hydrogen) atoms. The van der Waals surface area contributed by atoms with E-state index in [1.165, 1.54) is 5.56 Å². The number of hydrogen-bond donors (Lipinski definition) is 2. The quantitative estimate of drug-likeness (QED) is 0.510. The summed E-state index contributed by atoms with van der Waals surface area (Å²) in [4.78, 5) is 17.2. The SMILES string of the molecule is C=CCNc1nc(-c2cccc(NC(=O)c3ccc(C(C)(C)C)cc3)c2)cs1. The smallest absolute Gasteiger partial charge is 0.255 e. The van der Waals surface area contributed by atoms with Crippen molar-refractivity contribution < 1.29 is 4.79 Å². The fourth-order valence-electron chi connectivity index (χ4n) is 2.73. The molecule has 0 fully saturated rings. The Labute approximate surface area is 170 Å². The zero-order valence-corrected chi connectivity index (χ0v) is 17.3. The highest BCUT2D eigenvalue weighted by molar-refractivity contribution is 7.14. The summed E-state index contributed by atoms with van der Waals surface area (Å²) in [6.07, 6.45) is 1.80. The van der Waals surface area contributed by atoms with Gasteiger partial charge in [0.05, 0.1) is 5.69 Å². The molecular weight excluding hydrogens is 366 g/mol. The fraction of sp³-hybridized carbons (Fsp3) is 0.217. The van der Waals surface area contributed by atoms with Crippen molar-refractivity contribution in [1.82, 2.24) is 4.98 Å². The van der Waals surface area contributed by atoms with E-state index < -0.39 is 0 Å². The molecule has 0 atom stereocenters. The first-order valence-electron chi connectivity index (χ1n) is 9.19. The lowest BCUT2D eigenvalue weighted by Gasteiger charge is -2.19.